The quantitative estimate of drug-likeness (QED) is 0.757. The van der Waals surface area contributed by atoms with Crippen molar-refractivity contribution in [3.63, 3.8) is 0 Å². The van der Waals surface area contributed by atoms with Gasteiger partial charge in [-0.3, -0.25) is 4.79 Å². The average Bonchev–Trinajstić information content (AvgIpc) is 2.80. The minimum absolute atomic E-state index is 0.0567. The molecular weight excluding hydrogens is 270 g/mol. The summed E-state index contributed by atoms with van der Waals surface area (Å²) in [4.78, 5) is 14.8. The fourth-order valence-electron chi connectivity index (χ4n) is 3.43. The third-order valence-corrected chi connectivity index (χ3v) is 4.31. The van der Waals surface area contributed by atoms with Crippen molar-refractivity contribution >= 4 is 5.91 Å². The maximum atomic E-state index is 12.9. The molecule has 3 rings (SSSR count). The number of nitrogens with zero attached hydrogens (tertiary/aromatic N) is 1. The molecule has 0 fully saturated rings. The normalized spacial score (nSPS) is 19.8. The molecule has 2 aromatic rings. The van der Waals surface area contributed by atoms with Crippen LogP contribution in [0.1, 0.15) is 27.9 Å². The molecule has 2 aromatic carbocycles. The van der Waals surface area contributed by atoms with E-state index in [4.69, 9.17) is 0 Å². The summed E-state index contributed by atoms with van der Waals surface area (Å²) in [5.74, 6) is 0.0567. The van der Waals surface area contributed by atoms with Crippen LogP contribution in [0, 0.1) is 0 Å². The molecule has 1 heterocycles. The number of hydrogen-bond donors (Lipinski definition) is 0. The van der Waals surface area contributed by atoms with E-state index in [2.05, 4.69) is 25.3 Å². The standard InChI is InChI=1S/C20H19NO/c1-3-14-20(16-10-6-5-7-11-16)18-13-9-8-12-17(18)19(22)21(20)15-4-2/h3-13H,1-2,14-15H2. The molecule has 0 saturated heterocycles. The van der Waals surface area contributed by atoms with Gasteiger partial charge in [-0.25, -0.2) is 0 Å². The topological polar surface area (TPSA) is 20.3 Å². The molecule has 0 spiro atoms. The van der Waals surface area contributed by atoms with Gasteiger partial charge in [0.1, 0.15) is 0 Å². The van der Waals surface area contributed by atoms with Crippen LogP contribution in [-0.2, 0) is 5.54 Å². The van der Waals surface area contributed by atoms with Crippen LogP contribution in [0.15, 0.2) is 79.9 Å². The highest BCUT2D eigenvalue weighted by atomic mass is 16.2. The molecule has 0 bridgehead atoms. The van der Waals surface area contributed by atoms with E-state index in [9.17, 15) is 4.79 Å². The lowest BCUT2D eigenvalue weighted by atomic mass is 9.80. The average molecular weight is 289 g/mol. The molecule has 110 valence electrons. The molecule has 1 atom stereocenters. The second kappa shape index (κ2) is 5.64. The Bertz CT molecular complexity index is 719. The van der Waals surface area contributed by atoms with Gasteiger partial charge < -0.3 is 4.90 Å². The predicted molar refractivity (Wildman–Crippen MR) is 89.7 cm³/mol. The molecule has 0 saturated carbocycles. The molecule has 1 aliphatic rings. The zero-order chi connectivity index (χ0) is 15.6. The summed E-state index contributed by atoms with van der Waals surface area (Å²) in [7, 11) is 0. The molecule has 22 heavy (non-hydrogen) atoms. The van der Waals surface area contributed by atoms with Crippen LogP contribution >= 0.6 is 0 Å². The zero-order valence-corrected chi connectivity index (χ0v) is 12.5. The number of amides is 1. The molecule has 0 radical (unpaired) electrons. The Hall–Kier alpha value is -2.61. The Morgan fingerprint density at radius 2 is 1.64 bits per heavy atom. The van der Waals surface area contributed by atoms with E-state index in [0.717, 1.165) is 16.7 Å². The van der Waals surface area contributed by atoms with E-state index in [1.54, 1.807) is 6.08 Å². The molecule has 2 nitrogen and oxygen atoms in total. The van der Waals surface area contributed by atoms with Gasteiger partial charge in [-0.2, -0.15) is 0 Å². The number of carbonyl (C=O) groups excluding carboxylic acids is 1. The predicted octanol–water partition coefficient (Wildman–Crippen LogP) is 4.15. The van der Waals surface area contributed by atoms with Crippen molar-refractivity contribution in [1.29, 1.82) is 0 Å². The maximum absolute atomic E-state index is 12.9. The van der Waals surface area contributed by atoms with E-state index in [1.165, 1.54) is 0 Å². The molecule has 2 heteroatoms. The number of fused-ring (bicyclic) bond motifs is 1. The first kappa shape index (κ1) is 14.3. The van der Waals surface area contributed by atoms with Crippen molar-refractivity contribution in [3.05, 3.63) is 96.6 Å². The Kier molecular flexibility index (Phi) is 3.68. The lowest BCUT2D eigenvalue weighted by molar-refractivity contribution is 0.0660. The highest BCUT2D eigenvalue weighted by Crippen LogP contribution is 2.46. The maximum Gasteiger partial charge on any atom is 0.255 e. The smallest absolute Gasteiger partial charge is 0.255 e. The number of benzene rings is 2. The first-order chi connectivity index (χ1) is 10.8. The summed E-state index contributed by atoms with van der Waals surface area (Å²) < 4.78 is 0. The Morgan fingerprint density at radius 1 is 0.955 bits per heavy atom. The van der Waals surface area contributed by atoms with Gasteiger partial charge in [-0.1, -0.05) is 60.7 Å². The van der Waals surface area contributed by atoms with Crippen molar-refractivity contribution < 1.29 is 4.79 Å². The molecule has 0 N–H and O–H groups in total. The van der Waals surface area contributed by atoms with Crippen LogP contribution in [0.25, 0.3) is 0 Å². The van der Waals surface area contributed by atoms with Crippen molar-refractivity contribution in [2.24, 2.45) is 0 Å². The minimum atomic E-state index is -0.495. The first-order valence-corrected chi connectivity index (χ1v) is 7.44. The van der Waals surface area contributed by atoms with Crippen LogP contribution in [0.2, 0.25) is 0 Å². The molecule has 0 aliphatic carbocycles. The lowest BCUT2D eigenvalue weighted by Crippen LogP contribution is -2.44. The van der Waals surface area contributed by atoms with Gasteiger partial charge in [-0.15, -0.1) is 13.2 Å². The van der Waals surface area contributed by atoms with Gasteiger partial charge in [0.05, 0.1) is 5.54 Å². The van der Waals surface area contributed by atoms with Crippen LogP contribution in [-0.4, -0.2) is 17.4 Å². The van der Waals surface area contributed by atoms with Gasteiger partial charge in [0.15, 0.2) is 0 Å². The van der Waals surface area contributed by atoms with Crippen LogP contribution in [0.5, 0.6) is 0 Å². The molecule has 1 aliphatic heterocycles. The van der Waals surface area contributed by atoms with Crippen molar-refractivity contribution in [3.8, 4) is 0 Å². The number of carbonyl (C=O) groups is 1. The molecule has 1 amide bonds. The Labute approximate surface area is 131 Å². The fraction of sp³-hybridized carbons (Fsp3) is 0.150. The highest BCUT2D eigenvalue weighted by molar-refractivity contribution is 6.01. The Morgan fingerprint density at radius 3 is 2.32 bits per heavy atom. The summed E-state index contributed by atoms with van der Waals surface area (Å²) in [5, 5.41) is 0. The summed E-state index contributed by atoms with van der Waals surface area (Å²) >= 11 is 0. The van der Waals surface area contributed by atoms with Gasteiger partial charge in [0.2, 0.25) is 0 Å². The van der Waals surface area contributed by atoms with Crippen molar-refractivity contribution in [2.45, 2.75) is 12.0 Å². The van der Waals surface area contributed by atoms with Gasteiger partial charge >= 0.3 is 0 Å². The summed E-state index contributed by atoms with van der Waals surface area (Å²) in [6.07, 6.45) is 4.34. The summed E-state index contributed by atoms with van der Waals surface area (Å²) in [5.41, 5.74) is 2.43. The van der Waals surface area contributed by atoms with E-state index < -0.39 is 5.54 Å². The summed E-state index contributed by atoms with van der Waals surface area (Å²) in [6.45, 7) is 8.25. The third-order valence-electron chi connectivity index (χ3n) is 4.31. The largest absolute Gasteiger partial charge is 0.321 e. The van der Waals surface area contributed by atoms with Crippen molar-refractivity contribution in [1.82, 2.24) is 4.90 Å². The van der Waals surface area contributed by atoms with Crippen LogP contribution < -0.4 is 0 Å². The zero-order valence-electron chi connectivity index (χ0n) is 12.5. The third kappa shape index (κ3) is 1.92. The SMILES string of the molecule is C=CCN1C(=O)c2ccccc2C1(CC=C)c1ccccc1. The number of rotatable bonds is 5. The molecule has 0 aromatic heterocycles. The van der Waals surface area contributed by atoms with E-state index >= 15 is 0 Å². The molecule has 1 unspecified atom stereocenters. The monoisotopic (exact) mass is 289 g/mol. The van der Waals surface area contributed by atoms with E-state index in [1.807, 2.05) is 53.4 Å². The van der Waals surface area contributed by atoms with E-state index in [-0.39, 0.29) is 5.91 Å². The van der Waals surface area contributed by atoms with Crippen LogP contribution in [0.4, 0.5) is 0 Å². The second-order valence-corrected chi connectivity index (χ2v) is 5.47. The van der Waals surface area contributed by atoms with Gasteiger partial charge in [0, 0.05) is 12.1 Å². The fourth-order valence-corrected chi connectivity index (χ4v) is 3.43. The van der Waals surface area contributed by atoms with Crippen LogP contribution in [0.3, 0.4) is 0 Å². The van der Waals surface area contributed by atoms with E-state index in [0.29, 0.717) is 13.0 Å². The number of hydrogen-bond acceptors (Lipinski definition) is 1. The molecular formula is C20H19NO. The first-order valence-electron chi connectivity index (χ1n) is 7.44. The second-order valence-electron chi connectivity index (χ2n) is 5.47. The Balaban J connectivity index is 2.31. The minimum Gasteiger partial charge on any atom is -0.321 e. The summed E-state index contributed by atoms with van der Waals surface area (Å²) in [6, 6.07) is 18.0. The highest BCUT2D eigenvalue weighted by Gasteiger charge is 2.49. The van der Waals surface area contributed by atoms with Gasteiger partial charge in [0.25, 0.3) is 5.91 Å². The van der Waals surface area contributed by atoms with Gasteiger partial charge in [-0.05, 0) is 23.6 Å². The lowest BCUT2D eigenvalue weighted by Gasteiger charge is -2.39. The van der Waals surface area contributed by atoms with Crippen molar-refractivity contribution in [2.75, 3.05) is 6.54 Å².